The van der Waals surface area contributed by atoms with E-state index >= 15 is 0 Å². The lowest BCUT2D eigenvalue weighted by atomic mass is 9.72. The minimum absolute atomic E-state index is 0.0164. The van der Waals surface area contributed by atoms with Gasteiger partial charge in [0.25, 0.3) is 10.0 Å². The van der Waals surface area contributed by atoms with Gasteiger partial charge in [0, 0.05) is 23.9 Å². The number of carbonyl (C=O) groups is 1. The van der Waals surface area contributed by atoms with Crippen molar-refractivity contribution in [1.82, 2.24) is 4.98 Å². The van der Waals surface area contributed by atoms with Gasteiger partial charge in [-0.3, -0.25) is 4.79 Å². The first kappa shape index (κ1) is 15.4. The highest BCUT2D eigenvalue weighted by Gasteiger charge is 2.48. The smallest absolute Gasteiger partial charge is 0.255 e. The highest BCUT2D eigenvalue weighted by Crippen LogP contribution is 2.58. The SMILES string of the molecule is CC1CC2(CCC1C(=O)Nc1ccnc(S(N)(=O)=O)c1)CC2. The summed E-state index contributed by atoms with van der Waals surface area (Å²) in [7, 11) is -3.87. The Kier molecular flexibility index (Phi) is 3.72. The molecular formula is C15H21N3O3S. The Balaban J connectivity index is 1.69. The lowest BCUT2D eigenvalue weighted by Gasteiger charge is -2.33. The second-order valence-electron chi connectivity index (χ2n) is 6.74. The average Bonchev–Trinajstić information content (AvgIpc) is 3.17. The zero-order valence-corrected chi connectivity index (χ0v) is 13.4. The van der Waals surface area contributed by atoms with Crippen molar-refractivity contribution < 1.29 is 13.2 Å². The van der Waals surface area contributed by atoms with Crippen LogP contribution in [0.1, 0.15) is 39.0 Å². The molecule has 3 rings (SSSR count). The van der Waals surface area contributed by atoms with Gasteiger partial charge in [-0.25, -0.2) is 18.5 Å². The third kappa shape index (κ3) is 3.15. The summed E-state index contributed by atoms with van der Waals surface area (Å²) in [5.74, 6) is 0.294. The number of nitrogens with two attached hydrogens (primary N) is 1. The molecule has 2 aliphatic rings. The molecule has 1 aromatic heterocycles. The van der Waals surface area contributed by atoms with Crippen LogP contribution in [-0.2, 0) is 14.8 Å². The Morgan fingerprint density at radius 2 is 2.14 bits per heavy atom. The Morgan fingerprint density at radius 3 is 2.73 bits per heavy atom. The predicted octanol–water partition coefficient (Wildman–Crippen LogP) is 1.88. The number of hydrogen-bond donors (Lipinski definition) is 2. The fraction of sp³-hybridized carbons (Fsp3) is 0.600. The summed E-state index contributed by atoms with van der Waals surface area (Å²) in [6, 6.07) is 2.87. The van der Waals surface area contributed by atoms with Crippen molar-refractivity contribution in [2.45, 2.75) is 44.1 Å². The zero-order chi connectivity index (χ0) is 16.0. The summed E-state index contributed by atoms with van der Waals surface area (Å²) in [5.41, 5.74) is 0.941. The van der Waals surface area contributed by atoms with Crippen LogP contribution >= 0.6 is 0 Å². The van der Waals surface area contributed by atoms with Crippen LogP contribution in [0.2, 0.25) is 0 Å². The van der Waals surface area contributed by atoms with Gasteiger partial charge in [0.1, 0.15) is 0 Å². The van der Waals surface area contributed by atoms with Crippen molar-refractivity contribution in [1.29, 1.82) is 0 Å². The van der Waals surface area contributed by atoms with Crippen LogP contribution in [0.4, 0.5) is 5.69 Å². The van der Waals surface area contributed by atoms with E-state index in [1.807, 2.05) is 0 Å². The van der Waals surface area contributed by atoms with Crippen molar-refractivity contribution in [2.75, 3.05) is 5.32 Å². The molecule has 1 heterocycles. The van der Waals surface area contributed by atoms with E-state index in [-0.39, 0.29) is 16.9 Å². The molecule has 3 N–H and O–H groups in total. The first-order valence-corrected chi connectivity index (χ1v) is 9.13. The summed E-state index contributed by atoms with van der Waals surface area (Å²) < 4.78 is 22.6. The molecule has 120 valence electrons. The largest absolute Gasteiger partial charge is 0.326 e. The molecule has 2 aliphatic carbocycles. The monoisotopic (exact) mass is 323 g/mol. The maximum Gasteiger partial charge on any atom is 0.255 e. The van der Waals surface area contributed by atoms with Crippen molar-refractivity contribution in [2.24, 2.45) is 22.4 Å². The molecule has 1 aromatic rings. The summed E-state index contributed by atoms with van der Waals surface area (Å²) in [5, 5.41) is 7.62. The van der Waals surface area contributed by atoms with E-state index in [0.29, 0.717) is 17.0 Å². The van der Waals surface area contributed by atoms with E-state index in [4.69, 9.17) is 5.14 Å². The molecule has 2 unspecified atom stereocenters. The van der Waals surface area contributed by atoms with Crippen molar-refractivity contribution in [3.05, 3.63) is 18.3 Å². The number of amides is 1. The van der Waals surface area contributed by atoms with Gasteiger partial charge in [0.2, 0.25) is 5.91 Å². The molecule has 2 fully saturated rings. The number of primary sulfonamides is 1. The highest BCUT2D eigenvalue weighted by atomic mass is 32.2. The molecule has 2 atom stereocenters. The maximum atomic E-state index is 12.5. The van der Waals surface area contributed by atoms with Crippen LogP contribution in [0.5, 0.6) is 0 Å². The normalized spacial score (nSPS) is 26.6. The standard InChI is InChI=1S/C15H21N3O3S/c1-10-9-15(5-6-15)4-2-12(10)14(19)18-11-3-7-17-13(8-11)22(16,20)21/h3,7-8,10,12H,2,4-6,9H2,1H3,(H2,16,20,21)(H,17,18,19). The second-order valence-corrected chi connectivity index (χ2v) is 8.25. The number of anilines is 1. The number of carbonyl (C=O) groups excluding carboxylic acids is 1. The number of nitrogens with one attached hydrogen (secondary N) is 1. The van der Waals surface area contributed by atoms with Crippen LogP contribution in [-0.4, -0.2) is 19.3 Å². The Hall–Kier alpha value is -1.47. The van der Waals surface area contributed by atoms with Crippen molar-refractivity contribution in [3.8, 4) is 0 Å². The number of pyridine rings is 1. The first-order valence-electron chi connectivity index (χ1n) is 7.59. The molecule has 1 amide bonds. The lowest BCUT2D eigenvalue weighted by Crippen LogP contribution is -2.33. The molecule has 2 saturated carbocycles. The molecule has 0 radical (unpaired) electrons. The summed E-state index contributed by atoms with van der Waals surface area (Å²) in [4.78, 5) is 16.2. The molecule has 6 nitrogen and oxygen atoms in total. The minimum atomic E-state index is -3.87. The third-order valence-corrected chi connectivity index (χ3v) is 5.82. The van der Waals surface area contributed by atoms with Gasteiger partial charge in [-0.2, -0.15) is 0 Å². The molecule has 0 aliphatic heterocycles. The number of hydrogen-bond acceptors (Lipinski definition) is 4. The lowest BCUT2D eigenvalue weighted by molar-refractivity contribution is -0.122. The average molecular weight is 323 g/mol. The van der Waals surface area contributed by atoms with Crippen molar-refractivity contribution in [3.63, 3.8) is 0 Å². The van der Waals surface area contributed by atoms with Crippen LogP contribution < -0.4 is 10.5 Å². The molecule has 0 bridgehead atoms. The van der Waals surface area contributed by atoms with Crippen LogP contribution in [0.3, 0.4) is 0 Å². The summed E-state index contributed by atoms with van der Waals surface area (Å²) in [6.07, 6.45) is 7.07. The second kappa shape index (κ2) is 5.31. The Bertz CT molecular complexity index is 698. The fourth-order valence-corrected chi connectivity index (χ4v) is 4.07. The first-order chi connectivity index (χ1) is 10.3. The number of aromatic nitrogens is 1. The molecular weight excluding hydrogens is 302 g/mol. The van der Waals surface area contributed by atoms with Gasteiger partial charge in [0.15, 0.2) is 5.03 Å². The number of sulfonamides is 1. The number of rotatable bonds is 3. The molecule has 0 aromatic carbocycles. The fourth-order valence-electron chi connectivity index (χ4n) is 3.57. The topological polar surface area (TPSA) is 102 Å². The Labute approximate surface area is 130 Å². The quantitative estimate of drug-likeness (QED) is 0.886. The van der Waals surface area contributed by atoms with Crippen LogP contribution in [0, 0.1) is 17.3 Å². The van der Waals surface area contributed by atoms with Crippen LogP contribution in [0.25, 0.3) is 0 Å². The maximum absolute atomic E-state index is 12.5. The highest BCUT2D eigenvalue weighted by molar-refractivity contribution is 7.89. The van der Waals surface area contributed by atoms with Gasteiger partial charge >= 0.3 is 0 Å². The van der Waals surface area contributed by atoms with E-state index in [2.05, 4.69) is 17.2 Å². The summed E-state index contributed by atoms with van der Waals surface area (Å²) in [6.45, 7) is 2.13. The van der Waals surface area contributed by atoms with E-state index in [0.717, 1.165) is 19.3 Å². The Morgan fingerprint density at radius 1 is 1.41 bits per heavy atom. The van der Waals surface area contributed by atoms with E-state index in [1.165, 1.54) is 25.1 Å². The van der Waals surface area contributed by atoms with Gasteiger partial charge in [-0.15, -0.1) is 0 Å². The zero-order valence-electron chi connectivity index (χ0n) is 12.6. The number of nitrogens with zero attached hydrogens (tertiary/aromatic N) is 1. The van der Waals surface area contributed by atoms with Gasteiger partial charge in [0.05, 0.1) is 0 Å². The minimum Gasteiger partial charge on any atom is -0.326 e. The predicted molar refractivity (Wildman–Crippen MR) is 82.4 cm³/mol. The van der Waals surface area contributed by atoms with Crippen LogP contribution in [0.15, 0.2) is 23.4 Å². The van der Waals surface area contributed by atoms with Gasteiger partial charge in [-0.1, -0.05) is 6.92 Å². The summed E-state index contributed by atoms with van der Waals surface area (Å²) >= 11 is 0. The van der Waals surface area contributed by atoms with Crippen molar-refractivity contribution >= 4 is 21.6 Å². The van der Waals surface area contributed by atoms with E-state index < -0.39 is 10.0 Å². The molecule has 1 spiro atoms. The molecule has 7 heteroatoms. The van der Waals surface area contributed by atoms with Gasteiger partial charge < -0.3 is 5.32 Å². The molecule has 0 saturated heterocycles. The molecule has 22 heavy (non-hydrogen) atoms. The van der Waals surface area contributed by atoms with E-state index in [9.17, 15) is 13.2 Å². The third-order valence-electron chi connectivity index (χ3n) is 5.02. The van der Waals surface area contributed by atoms with Gasteiger partial charge in [-0.05, 0) is 49.5 Å². The van der Waals surface area contributed by atoms with E-state index in [1.54, 1.807) is 6.07 Å².